The smallest absolute Gasteiger partial charge is 0.126 e. The highest BCUT2D eigenvalue weighted by Gasteiger charge is 2.15. The maximum Gasteiger partial charge on any atom is 0.126 e. The monoisotopic (exact) mass is 265 g/mol. The Morgan fingerprint density at radius 3 is 2.65 bits per heavy atom. The molecule has 0 fully saturated rings. The second-order valence-corrected chi connectivity index (χ2v) is 5.32. The van der Waals surface area contributed by atoms with Crippen LogP contribution in [-0.2, 0) is 13.5 Å². The van der Waals surface area contributed by atoms with Gasteiger partial charge in [0.2, 0.25) is 0 Å². The Kier molecular flexibility index (Phi) is 3.28. The Morgan fingerprint density at radius 1 is 1.15 bits per heavy atom. The molecule has 3 nitrogen and oxygen atoms in total. The average molecular weight is 265 g/mol. The molecule has 102 valence electrons. The van der Waals surface area contributed by atoms with E-state index in [1.807, 2.05) is 25.2 Å². The molecule has 2 aromatic carbocycles. The third-order valence-electron chi connectivity index (χ3n) is 3.70. The summed E-state index contributed by atoms with van der Waals surface area (Å²) in [6, 6.07) is 16.5. The molecule has 3 heteroatoms. The second-order valence-electron chi connectivity index (χ2n) is 5.32. The highest BCUT2D eigenvalue weighted by molar-refractivity contribution is 5.76. The molecule has 0 bridgehead atoms. The zero-order valence-electron chi connectivity index (χ0n) is 11.9. The van der Waals surface area contributed by atoms with Crippen LogP contribution in [0.1, 0.15) is 23.0 Å². The largest absolute Gasteiger partial charge is 0.330 e. The average Bonchev–Trinajstić information content (AvgIpc) is 2.76. The number of aryl methyl sites for hydroxylation is 2. The van der Waals surface area contributed by atoms with Crippen LogP contribution in [0, 0.1) is 6.92 Å². The van der Waals surface area contributed by atoms with Gasteiger partial charge in [0.05, 0.1) is 17.1 Å². The van der Waals surface area contributed by atoms with E-state index < -0.39 is 0 Å². The van der Waals surface area contributed by atoms with Gasteiger partial charge in [-0.2, -0.15) is 0 Å². The molecule has 0 aliphatic rings. The van der Waals surface area contributed by atoms with Gasteiger partial charge in [0.25, 0.3) is 0 Å². The molecule has 1 unspecified atom stereocenters. The minimum atomic E-state index is -0.0879. The van der Waals surface area contributed by atoms with Gasteiger partial charge in [0.15, 0.2) is 0 Å². The van der Waals surface area contributed by atoms with Crippen molar-refractivity contribution in [1.82, 2.24) is 9.55 Å². The molecule has 20 heavy (non-hydrogen) atoms. The van der Waals surface area contributed by atoms with Crippen molar-refractivity contribution in [2.45, 2.75) is 19.4 Å². The van der Waals surface area contributed by atoms with E-state index in [2.05, 4.69) is 41.8 Å². The lowest BCUT2D eigenvalue weighted by molar-refractivity contribution is 0.638. The maximum atomic E-state index is 6.35. The number of fused-ring (bicyclic) bond motifs is 1. The maximum absolute atomic E-state index is 6.35. The molecule has 1 atom stereocenters. The summed E-state index contributed by atoms with van der Waals surface area (Å²) >= 11 is 0. The molecule has 1 heterocycles. The van der Waals surface area contributed by atoms with Crippen molar-refractivity contribution in [3.63, 3.8) is 0 Å². The van der Waals surface area contributed by atoms with Gasteiger partial charge in [-0.15, -0.1) is 0 Å². The Hall–Kier alpha value is -2.13. The van der Waals surface area contributed by atoms with Crippen molar-refractivity contribution >= 4 is 11.0 Å². The summed E-state index contributed by atoms with van der Waals surface area (Å²) < 4.78 is 2.10. The number of imidazole rings is 1. The summed E-state index contributed by atoms with van der Waals surface area (Å²) in [5.41, 5.74) is 11.0. The number of hydrogen-bond acceptors (Lipinski definition) is 2. The van der Waals surface area contributed by atoms with Crippen LogP contribution in [0.3, 0.4) is 0 Å². The van der Waals surface area contributed by atoms with Gasteiger partial charge < -0.3 is 10.3 Å². The molecular formula is C17H19N3. The van der Waals surface area contributed by atoms with Crippen LogP contribution in [-0.4, -0.2) is 9.55 Å². The van der Waals surface area contributed by atoms with Crippen molar-refractivity contribution in [3.8, 4) is 0 Å². The molecule has 1 aromatic heterocycles. The zero-order valence-corrected chi connectivity index (χ0v) is 11.9. The molecule has 0 spiro atoms. The summed E-state index contributed by atoms with van der Waals surface area (Å²) in [6.07, 6.45) is 0.803. The number of rotatable bonds is 3. The van der Waals surface area contributed by atoms with E-state index >= 15 is 0 Å². The van der Waals surface area contributed by atoms with Crippen LogP contribution in [0.25, 0.3) is 11.0 Å². The fourth-order valence-electron chi connectivity index (χ4n) is 2.62. The summed E-state index contributed by atoms with van der Waals surface area (Å²) in [5.74, 6) is 0.939. The minimum Gasteiger partial charge on any atom is -0.330 e. The summed E-state index contributed by atoms with van der Waals surface area (Å²) in [7, 11) is 2.03. The van der Waals surface area contributed by atoms with Gasteiger partial charge in [-0.1, -0.05) is 36.4 Å². The number of benzene rings is 2. The van der Waals surface area contributed by atoms with Gasteiger partial charge in [0, 0.05) is 7.05 Å². The molecule has 0 amide bonds. The van der Waals surface area contributed by atoms with Crippen molar-refractivity contribution in [2.24, 2.45) is 12.8 Å². The first kappa shape index (κ1) is 12.9. The van der Waals surface area contributed by atoms with E-state index in [9.17, 15) is 0 Å². The van der Waals surface area contributed by atoms with Crippen LogP contribution < -0.4 is 5.73 Å². The molecule has 0 saturated carbocycles. The number of hydrogen-bond donors (Lipinski definition) is 1. The Balaban J connectivity index is 1.95. The number of aromatic nitrogens is 2. The molecule has 3 aromatic rings. The molecule has 0 radical (unpaired) electrons. The van der Waals surface area contributed by atoms with Gasteiger partial charge in [-0.05, 0) is 36.6 Å². The Bertz CT molecular complexity index is 729. The quantitative estimate of drug-likeness (QED) is 0.790. The third-order valence-corrected chi connectivity index (χ3v) is 3.70. The highest BCUT2D eigenvalue weighted by atomic mass is 15.1. The van der Waals surface area contributed by atoms with E-state index in [0.29, 0.717) is 0 Å². The van der Waals surface area contributed by atoms with Gasteiger partial charge in [-0.25, -0.2) is 4.98 Å². The van der Waals surface area contributed by atoms with E-state index in [1.165, 1.54) is 11.1 Å². The van der Waals surface area contributed by atoms with Gasteiger partial charge in [0.1, 0.15) is 5.82 Å². The second kappa shape index (κ2) is 5.10. The summed E-state index contributed by atoms with van der Waals surface area (Å²) in [5, 5.41) is 0. The standard InChI is InChI=1S/C17H19N3/c1-12-8-9-16-15(10-12)19-17(20(16)2)14(18)11-13-6-4-3-5-7-13/h3-10,14H,11,18H2,1-2H3. The predicted octanol–water partition coefficient (Wildman–Crippen LogP) is 3.12. The Morgan fingerprint density at radius 2 is 1.90 bits per heavy atom. The lowest BCUT2D eigenvalue weighted by Crippen LogP contribution is -2.17. The van der Waals surface area contributed by atoms with Gasteiger partial charge in [-0.3, -0.25) is 0 Å². The van der Waals surface area contributed by atoms with Crippen LogP contribution in [0.2, 0.25) is 0 Å². The summed E-state index contributed by atoms with van der Waals surface area (Å²) in [6.45, 7) is 2.08. The van der Waals surface area contributed by atoms with E-state index in [0.717, 1.165) is 23.3 Å². The van der Waals surface area contributed by atoms with E-state index in [4.69, 9.17) is 10.7 Å². The topological polar surface area (TPSA) is 43.8 Å². The minimum absolute atomic E-state index is 0.0879. The molecule has 2 N–H and O–H groups in total. The van der Waals surface area contributed by atoms with Crippen LogP contribution in [0.5, 0.6) is 0 Å². The van der Waals surface area contributed by atoms with Crippen molar-refractivity contribution < 1.29 is 0 Å². The molecular weight excluding hydrogens is 246 g/mol. The first-order valence-corrected chi connectivity index (χ1v) is 6.87. The number of nitrogens with two attached hydrogens (primary N) is 1. The fraction of sp³-hybridized carbons (Fsp3) is 0.235. The lowest BCUT2D eigenvalue weighted by atomic mass is 10.1. The van der Waals surface area contributed by atoms with Crippen LogP contribution in [0.15, 0.2) is 48.5 Å². The molecule has 0 aliphatic heterocycles. The van der Waals surface area contributed by atoms with Crippen molar-refractivity contribution in [2.75, 3.05) is 0 Å². The molecule has 3 rings (SSSR count). The van der Waals surface area contributed by atoms with Gasteiger partial charge >= 0.3 is 0 Å². The first-order valence-electron chi connectivity index (χ1n) is 6.87. The number of nitrogens with zero attached hydrogens (tertiary/aromatic N) is 2. The lowest BCUT2D eigenvalue weighted by Gasteiger charge is -2.11. The summed E-state index contributed by atoms with van der Waals surface area (Å²) in [4.78, 5) is 4.71. The SMILES string of the molecule is Cc1ccc2c(c1)nc(C(N)Cc1ccccc1)n2C. The predicted molar refractivity (Wildman–Crippen MR) is 82.5 cm³/mol. The normalized spacial score (nSPS) is 12.8. The van der Waals surface area contributed by atoms with Crippen molar-refractivity contribution in [1.29, 1.82) is 0 Å². The van der Waals surface area contributed by atoms with Crippen LogP contribution >= 0.6 is 0 Å². The van der Waals surface area contributed by atoms with Crippen LogP contribution in [0.4, 0.5) is 0 Å². The van der Waals surface area contributed by atoms with E-state index in [1.54, 1.807) is 0 Å². The molecule has 0 aliphatic carbocycles. The Labute approximate surface area is 119 Å². The third kappa shape index (κ3) is 2.32. The van der Waals surface area contributed by atoms with E-state index in [-0.39, 0.29) is 6.04 Å². The first-order chi connectivity index (χ1) is 9.65. The fourth-order valence-corrected chi connectivity index (χ4v) is 2.62. The van der Waals surface area contributed by atoms with Crippen molar-refractivity contribution in [3.05, 3.63) is 65.5 Å². The highest BCUT2D eigenvalue weighted by Crippen LogP contribution is 2.21. The molecule has 0 saturated heterocycles. The zero-order chi connectivity index (χ0) is 14.1.